The van der Waals surface area contributed by atoms with Gasteiger partial charge in [-0.05, 0) is 24.6 Å². The fourth-order valence-corrected chi connectivity index (χ4v) is 3.64. The molecule has 3 aromatic rings. The summed E-state index contributed by atoms with van der Waals surface area (Å²) in [6.45, 7) is 5.23. The summed E-state index contributed by atoms with van der Waals surface area (Å²) in [5.74, 6) is 0.0583. The second-order valence-corrected chi connectivity index (χ2v) is 6.89. The van der Waals surface area contributed by atoms with Crippen LogP contribution in [0.1, 0.15) is 29.0 Å². The standard InChI is InChI=1S/C22H24N4O/c1-18(19-8-4-2-5-9-19)26-17-23-16-21(26)22(27)25-14-12-24(13-15-25)20-10-6-3-7-11-20/h2-11,16-18H,12-15H2,1H3/t18-/m1/s1. The van der Waals surface area contributed by atoms with Gasteiger partial charge < -0.3 is 14.4 Å². The van der Waals surface area contributed by atoms with Crippen LogP contribution in [-0.2, 0) is 0 Å². The van der Waals surface area contributed by atoms with Crippen LogP contribution in [-0.4, -0.2) is 46.5 Å². The number of aromatic nitrogens is 2. The highest BCUT2D eigenvalue weighted by molar-refractivity contribution is 5.92. The molecule has 138 valence electrons. The molecule has 1 aliphatic heterocycles. The second-order valence-electron chi connectivity index (χ2n) is 6.89. The maximum absolute atomic E-state index is 13.1. The minimum absolute atomic E-state index is 0.0583. The lowest BCUT2D eigenvalue weighted by Gasteiger charge is -2.36. The number of para-hydroxylation sites is 1. The average molecular weight is 360 g/mol. The predicted octanol–water partition coefficient (Wildman–Crippen LogP) is 3.45. The van der Waals surface area contributed by atoms with Gasteiger partial charge in [0.1, 0.15) is 5.69 Å². The molecule has 0 aliphatic carbocycles. The van der Waals surface area contributed by atoms with Gasteiger partial charge in [-0.15, -0.1) is 0 Å². The molecule has 0 N–H and O–H groups in total. The third kappa shape index (κ3) is 3.58. The Balaban J connectivity index is 1.46. The van der Waals surface area contributed by atoms with Crippen LogP contribution in [0, 0.1) is 0 Å². The normalized spacial score (nSPS) is 15.6. The number of carbonyl (C=O) groups excluding carboxylic acids is 1. The lowest BCUT2D eigenvalue weighted by atomic mass is 10.1. The number of imidazole rings is 1. The molecule has 1 amide bonds. The summed E-state index contributed by atoms with van der Waals surface area (Å²) in [6, 6.07) is 20.6. The first-order valence-electron chi connectivity index (χ1n) is 9.40. The van der Waals surface area contributed by atoms with Crippen molar-refractivity contribution in [3.05, 3.63) is 84.4 Å². The Morgan fingerprint density at radius 3 is 2.22 bits per heavy atom. The molecule has 1 aromatic heterocycles. The molecule has 27 heavy (non-hydrogen) atoms. The van der Waals surface area contributed by atoms with Crippen LogP contribution in [0.25, 0.3) is 0 Å². The summed E-state index contributed by atoms with van der Waals surface area (Å²) in [5, 5.41) is 0. The number of anilines is 1. The van der Waals surface area contributed by atoms with Crippen LogP contribution in [0.4, 0.5) is 5.69 Å². The smallest absolute Gasteiger partial charge is 0.272 e. The molecule has 2 aromatic carbocycles. The van der Waals surface area contributed by atoms with E-state index in [-0.39, 0.29) is 11.9 Å². The van der Waals surface area contributed by atoms with Gasteiger partial charge in [0.25, 0.3) is 5.91 Å². The molecule has 0 spiro atoms. The van der Waals surface area contributed by atoms with E-state index in [0.717, 1.165) is 26.2 Å². The van der Waals surface area contributed by atoms with Gasteiger partial charge in [0, 0.05) is 31.9 Å². The van der Waals surface area contributed by atoms with Crippen molar-refractivity contribution in [1.82, 2.24) is 14.5 Å². The number of carbonyl (C=O) groups is 1. The van der Waals surface area contributed by atoms with Gasteiger partial charge in [0.05, 0.1) is 18.6 Å². The molecule has 2 heterocycles. The van der Waals surface area contributed by atoms with Crippen molar-refractivity contribution in [3.63, 3.8) is 0 Å². The number of piperazine rings is 1. The van der Waals surface area contributed by atoms with Gasteiger partial charge >= 0.3 is 0 Å². The minimum Gasteiger partial charge on any atom is -0.368 e. The van der Waals surface area contributed by atoms with E-state index in [9.17, 15) is 4.79 Å². The molecule has 4 rings (SSSR count). The van der Waals surface area contributed by atoms with Crippen LogP contribution in [0.5, 0.6) is 0 Å². The fourth-order valence-electron chi connectivity index (χ4n) is 3.64. The maximum atomic E-state index is 13.1. The van der Waals surface area contributed by atoms with Crippen molar-refractivity contribution in [3.8, 4) is 0 Å². The van der Waals surface area contributed by atoms with E-state index < -0.39 is 0 Å². The van der Waals surface area contributed by atoms with Crippen LogP contribution < -0.4 is 4.90 Å². The average Bonchev–Trinajstić information content (AvgIpc) is 3.24. The van der Waals surface area contributed by atoms with Crippen molar-refractivity contribution < 1.29 is 4.79 Å². The summed E-state index contributed by atoms with van der Waals surface area (Å²) >= 11 is 0. The van der Waals surface area contributed by atoms with Gasteiger partial charge in [0.15, 0.2) is 0 Å². The molecule has 1 atom stereocenters. The molecule has 1 saturated heterocycles. The second kappa shape index (κ2) is 7.66. The molecular weight excluding hydrogens is 336 g/mol. The SMILES string of the molecule is C[C@H](c1ccccc1)n1cncc1C(=O)N1CCN(c2ccccc2)CC1. The first kappa shape index (κ1) is 17.3. The Labute approximate surface area is 159 Å². The van der Waals surface area contributed by atoms with Crippen molar-refractivity contribution in [2.45, 2.75) is 13.0 Å². The number of benzene rings is 2. The van der Waals surface area contributed by atoms with E-state index in [2.05, 4.69) is 53.2 Å². The van der Waals surface area contributed by atoms with Gasteiger partial charge in [-0.2, -0.15) is 0 Å². The topological polar surface area (TPSA) is 41.4 Å². The van der Waals surface area contributed by atoms with Gasteiger partial charge in [-0.1, -0.05) is 48.5 Å². The molecule has 0 saturated carbocycles. The number of rotatable bonds is 4. The molecule has 5 heteroatoms. The number of hydrogen-bond acceptors (Lipinski definition) is 3. The van der Waals surface area contributed by atoms with E-state index in [1.165, 1.54) is 11.3 Å². The van der Waals surface area contributed by atoms with Gasteiger partial charge in [0.2, 0.25) is 0 Å². The summed E-state index contributed by atoms with van der Waals surface area (Å²) in [4.78, 5) is 21.6. The monoisotopic (exact) mass is 360 g/mol. The van der Waals surface area contributed by atoms with E-state index in [1.807, 2.05) is 33.7 Å². The van der Waals surface area contributed by atoms with Crippen molar-refractivity contribution >= 4 is 11.6 Å². The molecule has 0 bridgehead atoms. The number of amides is 1. The van der Waals surface area contributed by atoms with Crippen molar-refractivity contribution in [2.75, 3.05) is 31.1 Å². The maximum Gasteiger partial charge on any atom is 0.272 e. The third-order valence-corrected chi connectivity index (χ3v) is 5.27. The molecule has 1 aliphatic rings. The Morgan fingerprint density at radius 1 is 0.926 bits per heavy atom. The Morgan fingerprint density at radius 2 is 1.56 bits per heavy atom. The first-order chi connectivity index (χ1) is 13.2. The fraction of sp³-hybridized carbons (Fsp3) is 0.273. The highest BCUT2D eigenvalue weighted by atomic mass is 16.2. The Hall–Kier alpha value is -3.08. The number of nitrogens with zero attached hydrogens (tertiary/aromatic N) is 4. The first-order valence-corrected chi connectivity index (χ1v) is 9.40. The summed E-state index contributed by atoms with van der Waals surface area (Å²) in [5.41, 5.74) is 3.03. The van der Waals surface area contributed by atoms with Gasteiger partial charge in [-0.25, -0.2) is 4.98 Å². The molecule has 0 radical (unpaired) electrons. The van der Waals surface area contributed by atoms with E-state index in [0.29, 0.717) is 5.69 Å². The third-order valence-electron chi connectivity index (χ3n) is 5.27. The lowest BCUT2D eigenvalue weighted by molar-refractivity contribution is 0.0735. The van der Waals surface area contributed by atoms with Crippen molar-refractivity contribution in [1.29, 1.82) is 0 Å². The zero-order chi connectivity index (χ0) is 18.6. The number of hydrogen-bond donors (Lipinski definition) is 0. The molecular formula is C22H24N4O. The van der Waals surface area contributed by atoms with Crippen LogP contribution in [0.15, 0.2) is 73.2 Å². The lowest BCUT2D eigenvalue weighted by Crippen LogP contribution is -2.49. The van der Waals surface area contributed by atoms with Gasteiger partial charge in [-0.3, -0.25) is 4.79 Å². The molecule has 1 fully saturated rings. The summed E-state index contributed by atoms with van der Waals surface area (Å²) < 4.78 is 1.97. The Bertz CT molecular complexity index is 883. The van der Waals surface area contributed by atoms with Crippen LogP contribution in [0.2, 0.25) is 0 Å². The molecule has 0 unspecified atom stereocenters. The predicted molar refractivity (Wildman–Crippen MR) is 107 cm³/mol. The molecule has 5 nitrogen and oxygen atoms in total. The van der Waals surface area contributed by atoms with E-state index >= 15 is 0 Å². The zero-order valence-corrected chi connectivity index (χ0v) is 15.5. The highest BCUT2D eigenvalue weighted by Crippen LogP contribution is 2.21. The minimum atomic E-state index is 0.0583. The van der Waals surface area contributed by atoms with Crippen LogP contribution in [0.3, 0.4) is 0 Å². The zero-order valence-electron chi connectivity index (χ0n) is 15.5. The Kier molecular flexibility index (Phi) is 4.92. The quantitative estimate of drug-likeness (QED) is 0.716. The van der Waals surface area contributed by atoms with Crippen LogP contribution >= 0.6 is 0 Å². The van der Waals surface area contributed by atoms with E-state index in [4.69, 9.17) is 0 Å². The largest absolute Gasteiger partial charge is 0.368 e. The van der Waals surface area contributed by atoms with E-state index in [1.54, 1.807) is 12.5 Å². The van der Waals surface area contributed by atoms with Crippen molar-refractivity contribution in [2.24, 2.45) is 0 Å². The highest BCUT2D eigenvalue weighted by Gasteiger charge is 2.25. The summed E-state index contributed by atoms with van der Waals surface area (Å²) in [7, 11) is 0. The summed E-state index contributed by atoms with van der Waals surface area (Å²) in [6.07, 6.45) is 3.44.